The summed E-state index contributed by atoms with van der Waals surface area (Å²) in [5.74, 6) is 3.21. The molecule has 5 unspecified atom stereocenters. The average Bonchev–Trinajstić information content (AvgIpc) is 3.92. The van der Waals surface area contributed by atoms with E-state index in [-0.39, 0.29) is 5.41 Å². The van der Waals surface area contributed by atoms with Gasteiger partial charge in [0.05, 0.1) is 11.1 Å². The van der Waals surface area contributed by atoms with Crippen LogP contribution < -0.4 is 4.90 Å². The van der Waals surface area contributed by atoms with E-state index in [0.717, 1.165) is 34.8 Å². The van der Waals surface area contributed by atoms with Crippen LogP contribution in [0.5, 0.6) is 0 Å². The van der Waals surface area contributed by atoms with Gasteiger partial charge < -0.3 is 4.90 Å². The van der Waals surface area contributed by atoms with Gasteiger partial charge in [0.2, 0.25) is 0 Å². The van der Waals surface area contributed by atoms with Crippen LogP contribution in [0.15, 0.2) is 212 Å². The van der Waals surface area contributed by atoms with Gasteiger partial charge in [-0.15, -0.1) is 0 Å². The third-order valence-corrected chi connectivity index (χ3v) is 16.1. The van der Waals surface area contributed by atoms with Gasteiger partial charge in [-0.1, -0.05) is 176 Å². The van der Waals surface area contributed by atoms with Gasteiger partial charge in [-0.2, -0.15) is 0 Å². The lowest BCUT2D eigenvalue weighted by Crippen LogP contribution is -2.27. The fourth-order valence-electron chi connectivity index (χ4n) is 13.5. The molecule has 304 valence electrons. The first-order chi connectivity index (χ1) is 31.7. The Hall–Kier alpha value is -7.22. The topological polar surface area (TPSA) is 3.24 Å². The first-order valence-electron chi connectivity index (χ1n) is 23.4. The largest absolute Gasteiger partial charge is 0.310 e. The zero-order valence-electron chi connectivity index (χ0n) is 35.8. The van der Waals surface area contributed by atoms with Gasteiger partial charge in [0.15, 0.2) is 0 Å². The molecular formula is C63H47N. The molecule has 9 aromatic carbocycles. The van der Waals surface area contributed by atoms with Crippen LogP contribution in [0.3, 0.4) is 0 Å². The Morgan fingerprint density at radius 2 is 0.875 bits per heavy atom. The Morgan fingerprint density at radius 3 is 1.58 bits per heavy atom. The summed E-state index contributed by atoms with van der Waals surface area (Å²) in [5.41, 5.74) is 25.1. The third-order valence-electron chi connectivity index (χ3n) is 16.1. The number of para-hydroxylation sites is 1. The fraction of sp³-hybridized carbons (Fsp3) is 0.143. The van der Waals surface area contributed by atoms with Crippen molar-refractivity contribution in [3.63, 3.8) is 0 Å². The van der Waals surface area contributed by atoms with Gasteiger partial charge in [0.1, 0.15) is 0 Å². The van der Waals surface area contributed by atoms with Crippen molar-refractivity contribution in [3.05, 3.63) is 246 Å². The summed E-state index contributed by atoms with van der Waals surface area (Å²) in [5, 5.41) is 0. The Kier molecular flexibility index (Phi) is 7.87. The van der Waals surface area contributed by atoms with Crippen molar-refractivity contribution < 1.29 is 0 Å². The van der Waals surface area contributed by atoms with Crippen LogP contribution in [0.2, 0.25) is 0 Å². The number of hydrogen-bond donors (Lipinski definition) is 0. The average molecular weight is 818 g/mol. The van der Waals surface area contributed by atoms with Gasteiger partial charge >= 0.3 is 0 Å². The zero-order valence-corrected chi connectivity index (χ0v) is 35.8. The van der Waals surface area contributed by atoms with Crippen LogP contribution in [-0.2, 0) is 5.41 Å². The van der Waals surface area contributed by atoms with Crippen molar-refractivity contribution in [1.29, 1.82) is 0 Å². The Morgan fingerprint density at radius 1 is 0.344 bits per heavy atom. The lowest BCUT2D eigenvalue weighted by Gasteiger charge is -2.38. The molecule has 9 aromatic rings. The van der Waals surface area contributed by atoms with Crippen LogP contribution in [0.25, 0.3) is 55.6 Å². The Bertz CT molecular complexity index is 3290. The van der Waals surface area contributed by atoms with E-state index < -0.39 is 0 Å². The maximum absolute atomic E-state index is 2.74. The summed E-state index contributed by atoms with van der Waals surface area (Å²) >= 11 is 0. The molecule has 0 aliphatic heterocycles. The predicted molar refractivity (Wildman–Crippen MR) is 265 cm³/mol. The van der Waals surface area contributed by atoms with Crippen LogP contribution in [0, 0.1) is 11.8 Å². The Balaban J connectivity index is 0.911. The maximum Gasteiger partial charge on any atom is 0.0725 e. The lowest BCUT2D eigenvalue weighted by atomic mass is 9.66. The second-order valence-electron chi connectivity index (χ2n) is 19.2. The monoisotopic (exact) mass is 817 g/mol. The smallest absolute Gasteiger partial charge is 0.0725 e. The van der Waals surface area contributed by atoms with Crippen LogP contribution >= 0.6 is 0 Å². The van der Waals surface area contributed by atoms with Gasteiger partial charge in [-0.25, -0.2) is 0 Å². The lowest BCUT2D eigenvalue weighted by molar-refractivity contribution is 0.296. The minimum atomic E-state index is -0.360. The molecule has 5 aliphatic carbocycles. The molecule has 14 rings (SSSR count). The number of hydrogen-bond acceptors (Lipinski definition) is 1. The molecule has 0 N–H and O–H groups in total. The van der Waals surface area contributed by atoms with Gasteiger partial charge in [-0.05, 0) is 169 Å². The summed E-state index contributed by atoms with van der Waals surface area (Å²) in [6.07, 6.45) is 5.60. The molecule has 5 aliphatic rings. The molecule has 0 heterocycles. The minimum Gasteiger partial charge on any atom is -0.310 e. The normalized spacial score (nSPS) is 21.2. The van der Waals surface area contributed by atoms with Crippen molar-refractivity contribution >= 4 is 17.1 Å². The van der Waals surface area contributed by atoms with Gasteiger partial charge in [0.25, 0.3) is 0 Å². The van der Waals surface area contributed by atoms with Crippen molar-refractivity contribution in [2.24, 2.45) is 11.8 Å². The molecule has 2 fully saturated rings. The fourth-order valence-corrected chi connectivity index (χ4v) is 13.5. The highest BCUT2D eigenvalue weighted by Crippen LogP contribution is 2.66. The molecule has 0 amide bonds. The van der Waals surface area contributed by atoms with E-state index >= 15 is 0 Å². The number of nitrogens with zero attached hydrogens (tertiary/aromatic N) is 1. The summed E-state index contributed by atoms with van der Waals surface area (Å²) in [7, 11) is 0. The van der Waals surface area contributed by atoms with E-state index in [1.807, 2.05) is 0 Å². The van der Waals surface area contributed by atoms with Crippen molar-refractivity contribution in [3.8, 4) is 55.6 Å². The van der Waals surface area contributed by atoms with Crippen molar-refractivity contribution in [2.45, 2.75) is 42.9 Å². The molecule has 2 saturated carbocycles. The molecular weight excluding hydrogens is 771 g/mol. The van der Waals surface area contributed by atoms with E-state index in [1.54, 1.807) is 11.1 Å². The molecule has 3 bridgehead atoms. The van der Waals surface area contributed by atoms with E-state index in [1.165, 1.54) is 104 Å². The van der Waals surface area contributed by atoms with E-state index in [2.05, 4.69) is 217 Å². The first kappa shape index (κ1) is 36.3. The first-order valence-corrected chi connectivity index (χ1v) is 23.4. The second kappa shape index (κ2) is 13.9. The van der Waals surface area contributed by atoms with E-state index in [0.29, 0.717) is 5.92 Å². The molecule has 64 heavy (non-hydrogen) atoms. The summed E-state index contributed by atoms with van der Waals surface area (Å²) in [6.45, 7) is 0. The highest BCUT2D eigenvalue weighted by molar-refractivity contribution is 5.97. The summed E-state index contributed by atoms with van der Waals surface area (Å²) < 4.78 is 0. The number of benzene rings is 9. The molecule has 1 nitrogen and oxygen atoms in total. The second-order valence-corrected chi connectivity index (χ2v) is 19.2. The summed E-state index contributed by atoms with van der Waals surface area (Å²) in [6, 6.07) is 80.0. The zero-order chi connectivity index (χ0) is 41.9. The quantitative estimate of drug-likeness (QED) is 0.162. The number of anilines is 3. The van der Waals surface area contributed by atoms with Crippen LogP contribution in [0.4, 0.5) is 17.1 Å². The molecule has 0 radical (unpaired) electrons. The highest BCUT2D eigenvalue weighted by Gasteiger charge is 2.54. The molecule has 0 aromatic heterocycles. The molecule has 1 spiro atoms. The minimum absolute atomic E-state index is 0.360. The summed E-state index contributed by atoms with van der Waals surface area (Å²) in [4.78, 5) is 2.42. The molecule has 1 heteroatoms. The number of rotatable bonds is 6. The Labute approximate surface area is 376 Å². The van der Waals surface area contributed by atoms with Crippen molar-refractivity contribution in [1.82, 2.24) is 0 Å². The standard InChI is InChI=1S/C63H47N/c1-3-13-41(14-4-1)42-23-28-48(29-24-42)64(62-22-12-9-17-50(62)44-15-5-2-6-16-44)49-30-25-43(26-31-49)45-27-32-53-51-18-7-10-20-58(51)63(60(53)37-45)59-21-11-8-19-52(59)57-38-55-47-34-40-33-46(36-47)54(35-40)56(55)39-61(57)63/h1-32,37-40,46-47,54H,33-36H2. The van der Waals surface area contributed by atoms with E-state index in [9.17, 15) is 0 Å². The van der Waals surface area contributed by atoms with E-state index in [4.69, 9.17) is 0 Å². The van der Waals surface area contributed by atoms with Gasteiger partial charge in [-0.3, -0.25) is 0 Å². The number of fused-ring (bicyclic) bond motifs is 15. The SMILES string of the molecule is c1ccc(-c2ccc(N(c3ccc(-c4ccc5c(c4)C4(c6ccccc6-5)c5ccccc5-c5cc6c(cc54)C4CC5CC6CC4C5)cc3)c3ccccc3-c3ccccc3)cc2)cc1. The van der Waals surface area contributed by atoms with Crippen LogP contribution in [0.1, 0.15) is 70.9 Å². The maximum atomic E-state index is 2.74. The van der Waals surface area contributed by atoms with Crippen LogP contribution in [-0.4, -0.2) is 0 Å². The van der Waals surface area contributed by atoms with Gasteiger partial charge in [0, 0.05) is 16.9 Å². The predicted octanol–water partition coefficient (Wildman–Crippen LogP) is 16.5. The van der Waals surface area contributed by atoms with Crippen molar-refractivity contribution in [2.75, 3.05) is 4.90 Å². The molecule has 5 atom stereocenters. The highest BCUT2D eigenvalue weighted by atomic mass is 15.1. The third kappa shape index (κ3) is 5.19. The molecule has 0 saturated heterocycles.